The Balaban J connectivity index is 1.70. The molecular weight excluding hydrogens is 360 g/mol. The Labute approximate surface area is 177 Å². The molecule has 0 saturated carbocycles. The van der Waals surface area contributed by atoms with Crippen molar-refractivity contribution in [3.8, 4) is 0 Å². The van der Waals surface area contributed by atoms with Crippen molar-refractivity contribution in [2.75, 3.05) is 0 Å². The van der Waals surface area contributed by atoms with E-state index < -0.39 is 0 Å². The lowest BCUT2D eigenvalue weighted by Gasteiger charge is -2.36. The number of benzene rings is 5. The van der Waals surface area contributed by atoms with Crippen LogP contribution in [0.2, 0.25) is 0 Å². The molecule has 5 aromatic rings. The van der Waals surface area contributed by atoms with Gasteiger partial charge in [-0.05, 0) is 50.2 Å². The van der Waals surface area contributed by atoms with Crippen molar-refractivity contribution in [1.29, 1.82) is 0 Å². The van der Waals surface area contributed by atoms with E-state index in [1.807, 2.05) is 0 Å². The van der Waals surface area contributed by atoms with Crippen LogP contribution in [0, 0.1) is 0 Å². The first-order valence-corrected chi connectivity index (χ1v) is 10.6. The highest BCUT2D eigenvalue weighted by atomic mass is 14.4. The maximum atomic E-state index is 2.43. The van der Waals surface area contributed by atoms with E-state index >= 15 is 0 Å². The van der Waals surface area contributed by atoms with Gasteiger partial charge in [0, 0.05) is 5.41 Å². The van der Waals surface area contributed by atoms with Crippen molar-refractivity contribution in [3.05, 3.63) is 138 Å². The Morgan fingerprint density at radius 3 is 1.53 bits per heavy atom. The molecule has 0 unspecified atom stereocenters. The maximum Gasteiger partial charge on any atom is 0.0425 e. The van der Waals surface area contributed by atoms with E-state index in [1.54, 1.807) is 0 Å². The topological polar surface area (TPSA) is 0 Å². The van der Waals surface area contributed by atoms with Crippen LogP contribution in [0.25, 0.3) is 27.6 Å². The van der Waals surface area contributed by atoms with Gasteiger partial charge < -0.3 is 0 Å². The van der Waals surface area contributed by atoms with Gasteiger partial charge in [-0.3, -0.25) is 0 Å². The first-order valence-electron chi connectivity index (χ1n) is 10.6. The zero-order chi connectivity index (χ0) is 20.0. The molecule has 0 fully saturated rings. The minimum Gasteiger partial charge on any atom is -0.0686 e. The van der Waals surface area contributed by atoms with E-state index in [9.17, 15) is 0 Å². The van der Waals surface area contributed by atoms with Gasteiger partial charge in [-0.25, -0.2) is 0 Å². The molecule has 0 nitrogen and oxygen atoms in total. The standard InChI is InChI=1S/C30H22/c1-3-11-22(12-4-1)30(23-13-5-2-6-14-23)20-19-28-26-17-8-7-15-24(26)25-16-9-10-18-27(25)29(28)21-30/h1-20H,21H2. The minimum absolute atomic E-state index is 0.166. The first kappa shape index (κ1) is 17.2. The molecule has 0 heteroatoms. The van der Waals surface area contributed by atoms with Gasteiger partial charge in [-0.1, -0.05) is 121 Å². The number of allylic oxidation sites excluding steroid dienone is 1. The second-order valence-corrected chi connectivity index (χ2v) is 8.20. The highest BCUT2D eigenvalue weighted by Gasteiger charge is 2.35. The molecule has 0 aromatic heterocycles. The fourth-order valence-electron chi connectivity index (χ4n) is 5.22. The average Bonchev–Trinajstić information content (AvgIpc) is 2.85. The summed E-state index contributed by atoms with van der Waals surface area (Å²) in [6.07, 6.45) is 5.76. The van der Waals surface area contributed by atoms with E-state index in [2.05, 4.69) is 121 Å². The number of hydrogen-bond donors (Lipinski definition) is 0. The molecule has 142 valence electrons. The summed E-state index contributed by atoms with van der Waals surface area (Å²) in [5.74, 6) is 0. The third-order valence-corrected chi connectivity index (χ3v) is 6.65. The predicted molar refractivity (Wildman–Crippen MR) is 128 cm³/mol. The minimum atomic E-state index is -0.166. The maximum absolute atomic E-state index is 2.43. The molecule has 1 aliphatic carbocycles. The van der Waals surface area contributed by atoms with E-state index in [0.717, 1.165) is 6.42 Å². The highest BCUT2D eigenvalue weighted by molar-refractivity contribution is 6.13. The van der Waals surface area contributed by atoms with Gasteiger partial charge in [0.05, 0.1) is 0 Å². The van der Waals surface area contributed by atoms with E-state index in [1.165, 1.54) is 43.8 Å². The van der Waals surface area contributed by atoms with E-state index in [-0.39, 0.29) is 5.41 Å². The molecule has 0 saturated heterocycles. The molecule has 6 rings (SSSR count). The number of hydrogen-bond acceptors (Lipinski definition) is 0. The summed E-state index contributed by atoms with van der Waals surface area (Å²) >= 11 is 0. The molecular formula is C30H22. The molecule has 0 bridgehead atoms. The molecule has 0 atom stereocenters. The zero-order valence-electron chi connectivity index (χ0n) is 16.8. The molecule has 5 aromatic carbocycles. The lowest BCUT2D eigenvalue weighted by molar-refractivity contribution is 0.637. The zero-order valence-corrected chi connectivity index (χ0v) is 16.8. The summed E-state index contributed by atoms with van der Waals surface area (Å²) in [4.78, 5) is 0. The Hall–Kier alpha value is -3.64. The van der Waals surface area contributed by atoms with Crippen LogP contribution in [-0.2, 0) is 11.8 Å². The van der Waals surface area contributed by atoms with Crippen LogP contribution in [0.4, 0.5) is 0 Å². The number of fused-ring (bicyclic) bond motifs is 6. The Bertz CT molecular complexity index is 1350. The Morgan fingerprint density at radius 2 is 0.933 bits per heavy atom. The second kappa shape index (κ2) is 6.71. The van der Waals surface area contributed by atoms with Crippen LogP contribution in [-0.4, -0.2) is 0 Å². The van der Waals surface area contributed by atoms with Crippen LogP contribution < -0.4 is 0 Å². The number of rotatable bonds is 2. The predicted octanol–water partition coefficient (Wildman–Crippen LogP) is 7.55. The molecule has 0 radical (unpaired) electrons. The summed E-state index contributed by atoms with van der Waals surface area (Å²) in [6.45, 7) is 0. The smallest absolute Gasteiger partial charge is 0.0425 e. The average molecular weight is 383 g/mol. The lowest BCUT2D eigenvalue weighted by Crippen LogP contribution is -2.30. The van der Waals surface area contributed by atoms with Crippen molar-refractivity contribution < 1.29 is 0 Å². The van der Waals surface area contributed by atoms with Crippen molar-refractivity contribution in [3.63, 3.8) is 0 Å². The molecule has 0 amide bonds. The quantitative estimate of drug-likeness (QED) is 0.277. The van der Waals surface area contributed by atoms with Gasteiger partial charge in [-0.15, -0.1) is 0 Å². The largest absolute Gasteiger partial charge is 0.0686 e. The Kier molecular flexibility index (Phi) is 3.86. The normalized spacial score (nSPS) is 14.7. The van der Waals surface area contributed by atoms with Crippen LogP contribution >= 0.6 is 0 Å². The highest BCUT2D eigenvalue weighted by Crippen LogP contribution is 2.45. The summed E-state index contributed by atoms with van der Waals surface area (Å²) in [6, 6.07) is 39.6. The molecule has 30 heavy (non-hydrogen) atoms. The fourth-order valence-corrected chi connectivity index (χ4v) is 5.22. The molecule has 0 N–H and O–H groups in total. The van der Waals surface area contributed by atoms with Gasteiger partial charge >= 0.3 is 0 Å². The van der Waals surface area contributed by atoms with E-state index in [4.69, 9.17) is 0 Å². The summed E-state index contributed by atoms with van der Waals surface area (Å²) in [5, 5.41) is 5.39. The SMILES string of the molecule is C1=CC(c2ccccc2)(c2ccccc2)Cc2c1c1ccccc1c1ccccc21. The van der Waals surface area contributed by atoms with Crippen LogP contribution in [0.15, 0.2) is 115 Å². The third kappa shape index (κ3) is 2.47. The van der Waals surface area contributed by atoms with Crippen LogP contribution in [0.5, 0.6) is 0 Å². The van der Waals surface area contributed by atoms with Gasteiger partial charge in [0.25, 0.3) is 0 Å². The summed E-state index contributed by atoms with van der Waals surface area (Å²) in [7, 11) is 0. The second-order valence-electron chi connectivity index (χ2n) is 8.20. The van der Waals surface area contributed by atoms with Gasteiger partial charge in [0.15, 0.2) is 0 Å². The van der Waals surface area contributed by atoms with Crippen molar-refractivity contribution >= 4 is 27.6 Å². The van der Waals surface area contributed by atoms with Gasteiger partial charge in [-0.2, -0.15) is 0 Å². The van der Waals surface area contributed by atoms with Crippen LogP contribution in [0.1, 0.15) is 22.3 Å². The Morgan fingerprint density at radius 1 is 0.467 bits per heavy atom. The first-order chi connectivity index (χ1) is 14.9. The van der Waals surface area contributed by atoms with Gasteiger partial charge in [0.1, 0.15) is 0 Å². The monoisotopic (exact) mass is 382 g/mol. The summed E-state index contributed by atoms with van der Waals surface area (Å²) in [5.41, 5.74) is 5.33. The molecule has 1 aliphatic rings. The lowest BCUT2D eigenvalue weighted by atomic mass is 9.66. The van der Waals surface area contributed by atoms with Gasteiger partial charge in [0.2, 0.25) is 0 Å². The van der Waals surface area contributed by atoms with E-state index in [0.29, 0.717) is 0 Å². The molecule has 0 aliphatic heterocycles. The van der Waals surface area contributed by atoms with Crippen molar-refractivity contribution in [1.82, 2.24) is 0 Å². The van der Waals surface area contributed by atoms with Crippen molar-refractivity contribution in [2.45, 2.75) is 11.8 Å². The van der Waals surface area contributed by atoms with Crippen LogP contribution in [0.3, 0.4) is 0 Å². The van der Waals surface area contributed by atoms with Crippen molar-refractivity contribution in [2.24, 2.45) is 0 Å². The third-order valence-electron chi connectivity index (χ3n) is 6.65. The summed E-state index contributed by atoms with van der Waals surface area (Å²) < 4.78 is 0. The fraction of sp³-hybridized carbons (Fsp3) is 0.0667. The molecule has 0 heterocycles. The molecule has 0 spiro atoms.